The van der Waals surface area contributed by atoms with Gasteiger partial charge in [0.25, 0.3) is 5.91 Å². The van der Waals surface area contributed by atoms with Gasteiger partial charge in [-0.05, 0) is 80.0 Å². The van der Waals surface area contributed by atoms with Crippen molar-refractivity contribution in [3.63, 3.8) is 0 Å². The lowest BCUT2D eigenvalue weighted by atomic mass is 9.95. The molecule has 3 fully saturated rings. The van der Waals surface area contributed by atoms with Crippen molar-refractivity contribution >= 4 is 39.6 Å². The minimum Gasteiger partial charge on any atom is -0.494 e. The summed E-state index contributed by atoms with van der Waals surface area (Å²) in [5, 5.41) is 4.04. The third-order valence-electron chi connectivity index (χ3n) is 10.5. The van der Waals surface area contributed by atoms with E-state index < -0.39 is 5.41 Å². The molecule has 2 unspecified atom stereocenters. The van der Waals surface area contributed by atoms with Gasteiger partial charge in [-0.2, -0.15) is 0 Å². The van der Waals surface area contributed by atoms with E-state index in [1.165, 1.54) is 12.8 Å². The number of nitrogens with zero attached hydrogens (tertiary/aromatic N) is 5. The van der Waals surface area contributed by atoms with E-state index >= 15 is 0 Å². The Balaban J connectivity index is 1.17. The number of anilines is 1. The van der Waals surface area contributed by atoms with Gasteiger partial charge >= 0.3 is 0 Å². The third-order valence-corrected chi connectivity index (χ3v) is 10.5. The molecule has 3 aromatic heterocycles. The predicted molar refractivity (Wildman–Crippen MR) is 188 cm³/mol. The molecule has 1 aliphatic heterocycles. The maximum Gasteiger partial charge on any atom is 0.254 e. The molecular weight excluding hydrogens is 602 g/mol. The number of methoxy groups -OCH3 is 1. The molecule has 248 valence electrons. The number of benzene rings is 2. The van der Waals surface area contributed by atoms with E-state index in [-0.39, 0.29) is 23.9 Å². The van der Waals surface area contributed by atoms with Crippen LogP contribution in [0.4, 0.5) is 5.69 Å². The van der Waals surface area contributed by atoms with Crippen LogP contribution < -0.4 is 15.8 Å². The summed E-state index contributed by atoms with van der Waals surface area (Å²) >= 11 is 0. The number of fused-ring (bicyclic) bond motifs is 4. The van der Waals surface area contributed by atoms with Crippen LogP contribution >= 0.6 is 0 Å². The summed E-state index contributed by atoms with van der Waals surface area (Å²) in [5.74, 6) is 2.38. The molecule has 1 saturated heterocycles. The van der Waals surface area contributed by atoms with Crippen molar-refractivity contribution < 1.29 is 14.3 Å². The summed E-state index contributed by atoms with van der Waals surface area (Å²) in [7, 11) is 3.65. The van der Waals surface area contributed by atoms with Crippen molar-refractivity contribution in [1.82, 2.24) is 24.0 Å². The van der Waals surface area contributed by atoms with Gasteiger partial charge in [0.15, 0.2) is 5.82 Å². The fraction of sp³-hybridized carbons (Fsp3) is 0.421. The summed E-state index contributed by atoms with van der Waals surface area (Å²) in [4.78, 5) is 38.5. The van der Waals surface area contributed by atoms with Gasteiger partial charge < -0.3 is 29.8 Å². The van der Waals surface area contributed by atoms with E-state index in [0.29, 0.717) is 29.7 Å². The monoisotopic (exact) mass is 645 g/mol. The Kier molecular flexibility index (Phi) is 7.14. The summed E-state index contributed by atoms with van der Waals surface area (Å²) in [5.41, 5.74) is 12.6. The van der Waals surface area contributed by atoms with Crippen LogP contribution in [0.2, 0.25) is 0 Å². The minimum atomic E-state index is -0.470. The molecule has 5 aromatic rings. The van der Waals surface area contributed by atoms with Crippen molar-refractivity contribution in [2.45, 2.75) is 65.1 Å². The molecule has 2 amide bonds. The van der Waals surface area contributed by atoms with E-state index in [0.717, 1.165) is 69.9 Å². The number of rotatable bonds is 7. The van der Waals surface area contributed by atoms with Gasteiger partial charge in [0.05, 0.1) is 24.0 Å². The van der Waals surface area contributed by atoms with E-state index in [1.807, 2.05) is 75.2 Å². The molecule has 3 atom stereocenters. The molecule has 0 spiro atoms. The third kappa shape index (κ3) is 5.13. The van der Waals surface area contributed by atoms with Crippen LogP contribution in [0.15, 0.2) is 54.6 Å². The number of hydrogen-bond donors (Lipinski definition) is 2. The largest absolute Gasteiger partial charge is 0.494 e. The quantitative estimate of drug-likeness (QED) is 0.217. The first kappa shape index (κ1) is 30.6. The number of nitrogens with two attached hydrogens (primary N) is 1. The lowest BCUT2D eigenvalue weighted by Gasteiger charge is -2.27. The van der Waals surface area contributed by atoms with Gasteiger partial charge in [0.1, 0.15) is 16.9 Å². The van der Waals surface area contributed by atoms with Crippen LogP contribution in [0.5, 0.6) is 5.75 Å². The maximum absolute atomic E-state index is 13.8. The van der Waals surface area contributed by atoms with Crippen LogP contribution in [-0.2, 0) is 18.4 Å². The number of ether oxygens (including phenoxy) is 1. The summed E-state index contributed by atoms with van der Waals surface area (Å²) < 4.78 is 10.2. The summed E-state index contributed by atoms with van der Waals surface area (Å²) in [6.07, 6.45) is 4.46. The lowest BCUT2D eigenvalue weighted by Crippen LogP contribution is -2.41. The predicted octanol–water partition coefficient (Wildman–Crippen LogP) is 6.22. The van der Waals surface area contributed by atoms with Crippen molar-refractivity contribution in [1.29, 1.82) is 0 Å². The molecule has 3 N–H and O–H groups in total. The van der Waals surface area contributed by atoms with Crippen molar-refractivity contribution in [2.24, 2.45) is 30.0 Å². The van der Waals surface area contributed by atoms with Crippen LogP contribution in [0.3, 0.4) is 0 Å². The van der Waals surface area contributed by atoms with Crippen LogP contribution in [0.1, 0.15) is 56.8 Å². The molecule has 2 bridgehead atoms. The normalized spacial score (nSPS) is 20.6. The Morgan fingerprint density at radius 1 is 1.00 bits per heavy atom. The number of aryl methyl sites for hydroxylation is 1. The van der Waals surface area contributed by atoms with E-state index in [2.05, 4.69) is 26.6 Å². The second-order valence-corrected chi connectivity index (χ2v) is 15.0. The Bertz CT molecular complexity index is 2080. The highest BCUT2D eigenvalue weighted by Gasteiger charge is 2.47. The zero-order valence-electron chi connectivity index (χ0n) is 28.3. The van der Waals surface area contributed by atoms with Gasteiger partial charge in [-0.1, -0.05) is 32.9 Å². The fourth-order valence-corrected chi connectivity index (χ4v) is 7.53. The molecule has 10 heteroatoms. The van der Waals surface area contributed by atoms with Crippen molar-refractivity contribution in [3.05, 3.63) is 60.2 Å². The van der Waals surface area contributed by atoms with E-state index in [9.17, 15) is 9.59 Å². The average molecular weight is 646 g/mol. The first-order valence-electron chi connectivity index (χ1n) is 17.0. The summed E-state index contributed by atoms with van der Waals surface area (Å²) in [6.45, 7) is 7.27. The van der Waals surface area contributed by atoms with Crippen molar-refractivity contribution in [3.8, 4) is 28.5 Å². The van der Waals surface area contributed by atoms with Gasteiger partial charge in [0.2, 0.25) is 5.91 Å². The lowest BCUT2D eigenvalue weighted by molar-refractivity contribution is -0.123. The Hall–Kier alpha value is -4.70. The number of amides is 2. The zero-order chi connectivity index (χ0) is 33.5. The maximum atomic E-state index is 13.8. The Morgan fingerprint density at radius 2 is 1.77 bits per heavy atom. The van der Waals surface area contributed by atoms with E-state index in [4.69, 9.17) is 20.4 Å². The second-order valence-electron chi connectivity index (χ2n) is 15.0. The molecule has 2 aromatic carbocycles. The molecule has 3 aliphatic rings. The molecule has 0 radical (unpaired) electrons. The first-order chi connectivity index (χ1) is 23.0. The smallest absolute Gasteiger partial charge is 0.254 e. The zero-order valence-corrected chi connectivity index (χ0v) is 28.3. The Labute approximate surface area is 280 Å². The highest BCUT2D eigenvalue weighted by atomic mass is 16.5. The first-order valence-corrected chi connectivity index (χ1v) is 17.0. The molecule has 48 heavy (non-hydrogen) atoms. The number of pyridine rings is 1. The van der Waals surface area contributed by atoms with Gasteiger partial charge in [-0.3, -0.25) is 9.59 Å². The van der Waals surface area contributed by atoms with Crippen molar-refractivity contribution in [2.75, 3.05) is 19.0 Å². The van der Waals surface area contributed by atoms with Crippen LogP contribution in [0.25, 0.3) is 44.8 Å². The number of likely N-dealkylation sites (tertiary alicyclic amines) is 1. The number of carbonyl (C=O) groups excluding carboxylic acids is 2. The molecule has 4 heterocycles. The highest BCUT2D eigenvalue weighted by molar-refractivity contribution is 6.00. The standard InChI is InChI=1S/C38H43N7O3/c1-38(2,3)37(47)40-26-12-8-22(9-13-26)27-14-10-23-17-30(44(34(23)41-27)19-21-6-7-21)35-42-28-16-25(18-31(48-5)33(28)43(35)4)36(46)45-20-24-11-15-29(45)32(24)39/h8-10,12-14,16-18,21,24,29,32H,6-7,11,15,19-20,39H2,1-5H3,(H,40,47)/t24?,29?,32-/m1/s1. The number of carbonyl (C=O) groups is 2. The summed E-state index contributed by atoms with van der Waals surface area (Å²) in [6, 6.07) is 18.1. The van der Waals surface area contributed by atoms with E-state index in [1.54, 1.807) is 7.11 Å². The number of aromatic nitrogens is 4. The molecule has 8 rings (SSSR count). The van der Waals surface area contributed by atoms with Gasteiger partial charge in [-0.25, -0.2) is 9.97 Å². The molecular formula is C38H43N7O3. The van der Waals surface area contributed by atoms with Crippen LogP contribution in [0, 0.1) is 17.3 Å². The number of piperidine rings is 1. The number of imidazole rings is 1. The minimum absolute atomic E-state index is 0.00533. The number of nitrogens with one attached hydrogen (secondary N) is 1. The van der Waals surface area contributed by atoms with Gasteiger partial charge in [0, 0.05) is 59.8 Å². The number of hydrogen-bond acceptors (Lipinski definition) is 6. The SMILES string of the molecule is COc1cc(C(=O)N2CC3CCC2[C@@H]3N)cc2nc(-c3cc4ccc(-c5ccc(NC(=O)C(C)(C)C)cc5)nc4n3CC3CC3)n(C)c12. The highest BCUT2D eigenvalue weighted by Crippen LogP contribution is 2.40. The molecule has 10 nitrogen and oxygen atoms in total. The molecule has 2 saturated carbocycles. The second kappa shape index (κ2) is 11.2. The fourth-order valence-electron chi connectivity index (χ4n) is 7.53. The topological polar surface area (TPSA) is 120 Å². The van der Waals surface area contributed by atoms with Gasteiger partial charge in [-0.15, -0.1) is 0 Å². The average Bonchev–Trinajstić information content (AvgIpc) is 3.47. The molecule has 2 aliphatic carbocycles. The van der Waals surface area contributed by atoms with Crippen LogP contribution in [-0.4, -0.2) is 61.6 Å². The Morgan fingerprint density at radius 3 is 2.42 bits per heavy atom.